The molecule has 3 fully saturated rings. The van der Waals surface area contributed by atoms with Crippen molar-refractivity contribution in [3.63, 3.8) is 0 Å². The van der Waals surface area contributed by atoms with Gasteiger partial charge in [0.25, 0.3) is 5.91 Å². The summed E-state index contributed by atoms with van der Waals surface area (Å²) < 4.78 is 1.82. The molecule has 124 valence electrons. The second-order valence-electron chi connectivity index (χ2n) is 6.89. The van der Waals surface area contributed by atoms with E-state index in [-0.39, 0.29) is 29.9 Å². The summed E-state index contributed by atoms with van der Waals surface area (Å²) in [6.07, 6.45) is 9.24. The summed E-state index contributed by atoms with van der Waals surface area (Å²) in [6.45, 7) is 6.75. The van der Waals surface area contributed by atoms with Gasteiger partial charge < -0.3 is 9.72 Å². The maximum absolute atomic E-state index is 12.6. The molecule has 0 spiro atoms. The van der Waals surface area contributed by atoms with Crippen LogP contribution in [0.5, 0.6) is 0 Å². The zero-order valence-electron chi connectivity index (χ0n) is 13.4. The Balaban J connectivity index is 0.00000156. The Hall–Kier alpha value is -1.66. The highest BCUT2D eigenvalue weighted by molar-refractivity contribution is 5.92. The Morgan fingerprint density at radius 3 is 2.74 bits per heavy atom. The molecule has 1 N–H and O–H groups in total. The fourth-order valence-corrected chi connectivity index (χ4v) is 4.04. The third kappa shape index (κ3) is 2.60. The summed E-state index contributed by atoms with van der Waals surface area (Å²) in [5.74, 6) is 0.475. The SMILES string of the molecule is CC1(C)C(NC(=O)c2cn3ccnc3cn2)C2CCN1CC2.Cl. The highest BCUT2D eigenvalue weighted by Crippen LogP contribution is 2.39. The van der Waals surface area contributed by atoms with Crippen LogP contribution in [-0.4, -0.2) is 49.8 Å². The summed E-state index contributed by atoms with van der Waals surface area (Å²) in [4.78, 5) is 23.5. The van der Waals surface area contributed by atoms with E-state index in [0.29, 0.717) is 11.6 Å². The van der Waals surface area contributed by atoms with E-state index >= 15 is 0 Å². The molecule has 7 heteroatoms. The van der Waals surface area contributed by atoms with Crippen molar-refractivity contribution in [2.45, 2.75) is 38.3 Å². The minimum atomic E-state index is -0.0950. The number of aromatic nitrogens is 3. The first-order valence-electron chi connectivity index (χ1n) is 7.90. The van der Waals surface area contributed by atoms with Gasteiger partial charge in [-0.3, -0.25) is 9.69 Å². The smallest absolute Gasteiger partial charge is 0.271 e. The Morgan fingerprint density at radius 2 is 2.04 bits per heavy atom. The van der Waals surface area contributed by atoms with Crippen molar-refractivity contribution < 1.29 is 4.79 Å². The number of nitrogens with zero attached hydrogens (tertiary/aromatic N) is 4. The number of fused-ring (bicyclic) bond motifs is 4. The van der Waals surface area contributed by atoms with Crippen molar-refractivity contribution in [3.05, 3.63) is 30.5 Å². The molecule has 1 atom stereocenters. The quantitative estimate of drug-likeness (QED) is 0.908. The van der Waals surface area contributed by atoms with Crippen LogP contribution in [-0.2, 0) is 0 Å². The summed E-state index contributed by atoms with van der Waals surface area (Å²) in [5.41, 5.74) is 1.20. The molecule has 0 radical (unpaired) electrons. The predicted molar refractivity (Wildman–Crippen MR) is 89.9 cm³/mol. The van der Waals surface area contributed by atoms with Crippen molar-refractivity contribution in [1.29, 1.82) is 0 Å². The van der Waals surface area contributed by atoms with E-state index < -0.39 is 0 Å². The van der Waals surface area contributed by atoms with Crippen molar-refractivity contribution in [2.75, 3.05) is 13.1 Å². The van der Waals surface area contributed by atoms with E-state index in [1.165, 1.54) is 12.8 Å². The van der Waals surface area contributed by atoms with E-state index in [0.717, 1.165) is 18.7 Å². The molecule has 0 aromatic carbocycles. The Kier molecular flexibility index (Phi) is 4.06. The van der Waals surface area contributed by atoms with E-state index in [1.807, 2.05) is 10.6 Å². The zero-order valence-corrected chi connectivity index (χ0v) is 14.2. The maximum Gasteiger partial charge on any atom is 0.271 e. The number of hydrogen-bond donors (Lipinski definition) is 1. The molecular formula is C16H22ClN5O. The van der Waals surface area contributed by atoms with Gasteiger partial charge in [-0.15, -0.1) is 12.4 Å². The van der Waals surface area contributed by atoms with Gasteiger partial charge in [0.15, 0.2) is 5.65 Å². The van der Waals surface area contributed by atoms with Gasteiger partial charge in [-0.05, 0) is 45.7 Å². The van der Waals surface area contributed by atoms with Gasteiger partial charge in [0, 0.05) is 30.2 Å². The van der Waals surface area contributed by atoms with E-state index in [4.69, 9.17) is 0 Å². The standard InChI is InChI=1S/C16H21N5O.ClH/c1-16(2)14(11-3-6-21(16)7-4-11)19-15(22)12-10-20-8-5-17-13(20)9-18-12;/h5,8-11,14H,3-4,6-7H2,1-2H3,(H,19,22);1H. The number of nitrogens with one attached hydrogen (secondary N) is 1. The molecule has 2 bridgehead atoms. The molecule has 5 heterocycles. The molecular weight excluding hydrogens is 314 g/mol. The van der Waals surface area contributed by atoms with Crippen LogP contribution in [0, 0.1) is 5.92 Å². The van der Waals surface area contributed by atoms with Gasteiger partial charge in [-0.25, -0.2) is 9.97 Å². The molecule has 2 aromatic rings. The van der Waals surface area contributed by atoms with E-state index in [2.05, 4.69) is 34.0 Å². The molecule has 3 aliphatic rings. The summed E-state index contributed by atoms with van der Waals surface area (Å²) >= 11 is 0. The number of carbonyl (C=O) groups excluding carboxylic acids is 1. The van der Waals surface area contributed by atoms with Crippen molar-refractivity contribution in [3.8, 4) is 0 Å². The lowest BCUT2D eigenvalue weighted by atomic mass is 9.72. The van der Waals surface area contributed by atoms with Gasteiger partial charge in [0.1, 0.15) is 5.69 Å². The Bertz CT molecular complexity index is 720. The monoisotopic (exact) mass is 335 g/mol. The Morgan fingerprint density at radius 1 is 1.30 bits per heavy atom. The lowest BCUT2D eigenvalue weighted by molar-refractivity contribution is -0.0378. The largest absolute Gasteiger partial charge is 0.346 e. The van der Waals surface area contributed by atoms with Gasteiger partial charge in [0.05, 0.1) is 6.20 Å². The van der Waals surface area contributed by atoms with Crippen molar-refractivity contribution in [1.82, 2.24) is 24.6 Å². The van der Waals surface area contributed by atoms with E-state index in [1.54, 1.807) is 18.6 Å². The number of halogens is 1. The van der Waals surface area contributed by atoms with Crippen LogP contribution in [0.4, 0.5) is 0 Å². The Labute approximate surface area is 141 Å². The zero-order chi connectivity index (χ0) is 15.3. The highest BCUT2D eigenvalue weighted by Gasteiger charge is 2.48. The lowest BCUT2D eigenvalue weighted by Gasteiger charge is -2.56. The molecule has 5 rings (SSSR count). The third-order valence-corrected chi connectivity index (χ3v) is 5.39. The van der Waals surface area contributed by atoms with Gasteiger partial charge >= 0.3 is 0 Å². The van der Waals surface area contributed by atoms with Gasteiger partial charge in [-0.2, -0.15) is 0 Å². The topological polar surface area (TPSA) is 62.5 Å². The van der Waals surface area contributed by atoms with Gasteiger partial charge in [-0.1, -0.05) is 0 Å². The molecule has 6 nitrogen and oxygen atoms in total. The highest BCUT2D eigenvalue weighted by atomic mass is 35.5. The molecule has 1 amide bonds. The van der Waals surface area contributed by atoms with E-state index in [9.17, 15) is 4.79 Å². The van der Waals surface area contributed by atoms with Crippen LogP contribution in [0.1, 0.15) is 37.2 Å². The third-order valence-electron chi connectivity index (χ3n) is 5.39. The molecule has 3 aliphatic heterocycles. The van der Waals surface area contributed by atoms with Crippen LogP contribution in [0.15, 0.2) is 24.8 Å². The average Bonchev–Trinajstić information content (AvgIpc) is 2.98. The van der Waals surface area contributed by atoms with Crippen LogP contribution in [0.25, 0.3) is 5.65 Å². The number of amides is 1. The fraction of sp³-hybridized carbons (Fsp3) is 0.562. The van der Waals surface area contributed by atoms with Crippen LogP contribution in [0.2, 0.25) is 0 Å². The summed E-state index contributed by atoms with van der Waals surface area (Å²) in [5, 5.41) is 3.24. The number of imidazole rings is 1. The molecule has 1 unspecified atom stereocenters. The second-order valence-corrected chi connectivity index (χ2v) is 6.89. The first-order valence-corrected chi connectivity index (χ1v) is 7.90. The minimum Gasteiger partial charge on any atom is -0.346 e. The molecule has 0 aliphatic carbocycles. The van der Waals surface area contributed by atoms with Crippen LogP contribution >= 0.6 is 12.4 Å². The predicted octanol–water partition coefficient (Wildman–Crippen LogP) is 1.75. The van der Waals surface area contributed by atoms with Crippen molar-refractivity contribution >= 4 is 24.0 Å². The summed E-state index contributed by atoms with van der Waals surface area (Å²) in [7, 11) is 0. The lowest BCUT2D eigenvalue weighted by Crippen LogP contribution is -2.69. The van der Waals surface area contributed by atoms with Crippen LogP contribution < -0.4 is 5.32 Å². The van der Waals surface area contributed by atoms with Gasteiger partial charge in [0.2, 0.25) is 0 Å². The number of hydrogen-bond acceptors (Lipinski definition) is 4. The molecule has 2 aromatic heterocycles. The van der Waals surface area contributed by atoms with Crippen molar-refractivity contribution in [2.24, 2.45) is 5.92 Å². The normalized spacial score (nSPS) is 28.3. The summed E-state index contributed by atoms with van der Waals surface area (Å²) in [6, 6.07) is 0.183. The number of carbonyl (C=O) groups is 1. The molecule has 23 heavy (non-hydrogen) atoms. The number of rotatable bonds is 2. The first kappa shape index (κ1) is 16.2. The second kappa shape index (κ2) is 5.76. The first-order chi connectivity index (χ1) is 10.6. The minimum absolute atomic E-state index is 0. The molecule has 0 saturated carbocycles. The average molecular weight is 336 g/mol. The number of piperidine rings is 3. The maximum atomic E-state index is 12.6. The fourth-order valence-electron chi connectivity index (χ4n) is 4.04. The van der Waals surface area contributed by atoms with Crippen LogP contribution in [0.3, 0.4) is 0 Å². The molecule has 3 saturated heterocycles.